The van der Waals surface area contributed by atoms with E-state index in [2.05, 4.69) is 64.2 Å². The number of rotatable bonds is 7. The second-order valence-electron chi connectivity index (χ2n) is 14.7. The van der Waals surface area contributed by atoms with Crippen LogP contribution in [0, 0.1) is 23.2 Å². The molecule has 2 saturated heterocycles. The Kier molecular flexibility index (Phi) is 7.16. The molecular formula is C35H45BN2O5. The van der Waals surface area contributed by atoms with Crippen molar-refractivity contribution in [1.82, 2.24) is 10.2 Å². The number of amides is 2. The van der Waals surface area contributed by atoms with Crippen molar-refractivity contribution in [3.63, 3.8) is 0 Å². The Balaban J connectivity index is 1.02. The minimum absolute atomic E-state index is 0.0297. The summed E-state index contributed by atoms with van der Waals surface area (Å²) < 4.78 is 19.2. The molecular weight excluding hydrogens is 539 g/mol. The Morgan fingerprint density at radius 3 is 2.37 bits per heavy atom. The van der Waals surface area contributed by atoms with Gasteiger partial charge in [0.25, 0.3) is 0 Å². The molecule has 5 fully saturated rings. The van der Waals surface area contributed by atoms with Crippen LogP contribution in [0.5, 0.6) is 0 Å². The van der Waals surface area contributed by atoms with Crippen molar-refractivity contribution in [3.05, 3.63) is 59.7 Å². The number of ether oxygens (including phenoxy) is 1. The highest BCUT2D eigenvalue weighted by molar-refractivity contribution is 6.48. The fraction of sp³-hybridized carbons (Fsp3) is 0.600. The first-order valence-electron chi connectivity index (χ1n) is 16.3. The van der Waals surface area contributed by atoms with Crippen molar-refractivity contribution >= 4 is 19.1 Å². The number of hydrogen-bond acceptors (Lipinski definition) is 5. The van der Waals surface area contributed by atoms with E-state index in [9.17, 15) is 9.59 Å². The SMILES string of the molecule is CC(C)C[C@H](NC(=O)OCC1c2ccccc2-c2ccccc21)C(=O)N1CCC[C@H]1B1O[C@@H]2C[C@@H]3C[C@@H](C3(C)C)[C@]2(C)O1. The van der Waals surface area contributed by atoms with Gasteiger partial charge in [0.15, 0.2) is 0 Å². The molecule has 6 aliphatic rings. The van der Waals surface area contributed by atoms with E-state index in [1.54, 1.807) is 0 Å². The molecule has 2 bridgehead atoms. The lowest BCUT2D eigenvalue weighted by Gasteiger charge is -2.64. The first-order chi connectivity index (χ1) is 20.6. The molecule has 43 heavy (non-hydrogen) atoms. The Hall–Kier alpha value is -2.84. The summed E-state index contributed by atoms with van der Waals surface area (Å²) in [5.74, 6) is 1.13. The van der Waals surface area contributed by atoms with Crippen LogP contribution in [0.15, 0.2) is 48.5 Å². The lowest BCUT2D eigenvalue weighted by Crippen LogP contribution is -2.65. The van der Waals surface area contributed by atoms with Gasteiger partial charge in [-0.1, -0.05) is 76.2 Å². The largest absolute Gasteiger partial charge is 0.481 e. The molecule has 2 aliphatic heterocycles. The molecule has 2 aromatic rings. The van der Waals surface area contributed by atoms with Gasteiger partial charge in [-0.25, -0.2) is 4.79 Å². The van der Waals surface area contributed by atoms with E-state index < -0.39 is 19.3 Å². The lowest BCUT2D eigenvalue weighted by atomic mass is 9.43. The van der Waals surface area contributed by atoms with Gasteiger partial charge in [0.05, 0.1) is 17.6 Å². The number of fused-ring (bicyclic) bond motifs is 3. The summed E-state index contributed by atoms with van der Waals surface area (Å²) in [7, 11) is -0.425. The minimum atomic E-state index is -0.665. The quantitative estimate of drug-likeness (QED) is 0.393. The van der Waals surface area contributed by atoms with Gasteiger partial charge in [0.1, 0.15) is 12.6 Å². The van der Waals surface area contributed by atoms with Crippen LogP contribution in [-0.2, 0) is 18.8 Å². The summed E-state index contributed by atoms with van der Waals surface area (Å²) in [5, 5.41) is 2.96. The predicted molar refractivity (Wildman–Crippen MR) is 166 cm³/mol. The Morgan fingerprint density at radius 2 is 1.72 bits per heavy atom. The van der Waals surface area contributed by atoms with E-state index in [0.29, 0.717) is 24.8 Å². The maximum Gasteiger partial charge on any atom is 0.481 e. The summed E-state index contributed by atoms with van der Waals surface area (Å²) in [5.41, 5.74) is 4.66. The third-order valence-electron chi connectivity index (χ3n) is 11.5. The van der Waals surface area contributed by atoms with Crippen LogP contribution in [0.2, 0.25) is 0 Å². The molecule has 7 nitrogen and oxygen atoms in total. The smallest absolute Gasteiger partial charge is 0.449 e. The van der Waals surface area contributed by atoms with Crippen molar-refractivity contribution in [2.75, 3.05) is 13.2 Å². The molecule has 2 heterocycles. The second-order valence-corrected chi connectivity index (χ2v) is 14.7. The molecule has 8 rings (SSSR count). The van der Waals surface area contributed by atoms with Gasteiger partial charge in [0, 0.05) is 12.5 Å². The number of carbonyl (C=O) groups excluding carboxylic acids is 2. The highest BCUT2D eigenvalue weighted by Gasteiger charge is 2.69. The molecule has 0 aromatic heterocycles. The zero-order valence-corrected chi connectivity index (χ0v) is 26.2. The molecule has 228 valence electrons. The van der Waals surface area contributed by atoms with Gasteiger partial charge < -0.3 is 24.3 Å². The second kappa shape index (κ2) is 10.7. The van der Waals surface area contributed by atoms with Crippen LogP contribution in [0.25, 0.3) is 11.1 Å². The number of alkyl carbamates (subject to hydrolysis) is 1. The molecule has 2 aromatic carbocycles. The molecule has 8 heteroatoms. The number of nitrogens with zero attached hydrogens (tertiary/aromatic N) is 1. The Bertz CT molecular complexity index is 1370. The topological polar surface area (TPSA) is 77.1 Å². The third kappa shape index (κ3) is 4.71. The fourth-order valence-electron chi connectivity index (χ4n) is 9.09. The van der Waals surface area contributed by atoms with Crippen LogP contribution in [0.3, 0.4) is 0 Å². The van der Waals surface area contributed by atoms with Gasteiger partial charge in [0.2, 0.25) is 5.91 Å². The monoisotopic (exact) mass is 584 g/mol. The highest BCUT2D eigenvalue weighted by atomic mass is 16.7. The predicted octanol–water partition coefficient (Wildman–Crippen LogP) is 6.20. The van der Waals surface area contributed by atoms with E-state index in [1.165, 1.54) is 17.5 Å². The van der Waals surface area contributed by atoms with E-state index >= 15 is 0 Å². The lowest BCUT2D eigenvalue weighted by molar-refractivity contribution is -0.199. The third-order valence-corrected chi connectivity index (χ3v) is 11.5. The first-order valence-corrected chi connectivity index (χ1v) is 16.3. The maximum absolute atomic E-state index is 14.1. The summed E-state index contributed by atoms with van der Waals surface area (Å²) in [4.78, 5) is 29.2. The van der Waals surface area contributed by atoms with Crippen molar-refractivity contribution in [1.29, 1.82) is 0 Å². The number of hydrogen-bond donors (Lipinski definition) is 1. The minimum Gasteiger partial charge on any atom is -0.449 e. The molecule has 2 amide bonds. The van der Waals surface area contributed by atoms with E-state index in [1.807, 2.05) is 29.2 Å². The summed E-state index contributed by atoms with van der Waals surface area (Å²) in [6, 6.07) is 15.9. The van der Waals surface area contributed by atoms with E-state index in [0.717, 1.165) is 30.4 Å². The zero-order valence-electron chi connectivity index (χ0n) is 26.2. The summed E-state index contributed by atoms with van der Waals surface area (Å²) in [6.45, 7) is 12.0. The number of carbonyl (C=O) groups is 2. The van der Waals surface area contributed by atoms with Crippen LogP contribution < -0.4 is 5.32 Å². The molecule has 3 saturated carbocycles. The van der Waals surface area contributed by atoms with Gasteiger partial charge in [-0.2, -0.15) is 0 Å². The fourth-order valence-corrected chi connectivity index (χ4v) is 9.09. The van der Waals surface area contributed by atoms with E-state index in [4.69, 9.17) is 14.0 Å². The molecule has 0 unspecified atom stereocenters. The van der Waals surface area contributed by atoms with Crippen molar-refractivity contribution in [2.24, 2.45) is 23.2 Å². The summed E-state index contributed by atoms with van der Waals surface area (Å²) >= 11 is 0. The maximum atomic E-state index is 14.1. The van der Waals surface area contributed by atoms with Gasteiger partial charge in [-0.3, -0.25) is 4.79 Å². The zero-order chi connectivity index (χ0) is 30.1. The van der Waals surface area contributed by atoms with Crippen molar-refractivity contribution < 1.29 is 23.6 Å². The van der Waals surface area contributed by atoms with Gasteiger partial charge in [-0.05, 0) is 84.5 Å². The Labute approximate surface area is 256 Å². The summed E-state index contributed by atoms with van der Waals surface area (Å²) in [6.07, 6.45) is 4.04. The van der Waals surface area contributed by atoms with Crippen molar-refractivity contribution in [2.45, 2.75) is 96.3 Å². The number of benzene rings is 2. The molecule has 0 spiro atoms. The van der Waals surface area contributed by atoms with Crippen LogP contribution in [-0.4, -0.2) is 60.9 Å². The van der Waals surface area contributed by atoms with Gasteiger partial charge in [-0.15, -0.1) is 0 Å². The van der Waals surface area contributed by atoms with Crippen LogP contribution >= 0.6 is 0 Å². The highest BCUT2D eigenvalue weighted by Crippen LogP contribution is 2.66. The molecule has 6 atom stereocenters. The molecule has 0 radical (unpaired) electrons. The Morgan fingerprint density at radius 1 is 1.05 bits per heavy atom. The average Bonchev–Trinajstić information content (AvgIpc) is 3.68. The normalized spacial score (nSPS) is 30.8. The molecule has 1 N–H and O–H groups in total. The van der Waals surface area contributed by atoms with Crippen molar-refractivity contribution in [3.8, 4) is 11.1 Å². The number of nitrogens with one attached hydrogen (secondary N) is 1. The first kappa shape index (κ1) is 28.9. The number of likely N-dealkylation sites (tertiary alicyclic amines) is 1. The van der Waals surface area contributed by atoms with Crippen LogP contribution in [0.1, 0.15) is 83.8 Å². The standard InChI is InChI=1S/C35H45BN2O5/c1-21(2)17-28(37-33(40)41-20-27-25-13-8-6-11-23(25)24-12-7-9-14-26(24)27)32(39)38-16-10-15-31(38)36-42-30-19-22-18-29(34(22,3)4)35(30,5)43-36/h6-9,11-14,21-22,27-31H,10,15-20H2,1-5H3,(H,37,40)/t22-,28-,29-,30+,31-,35-/m0/s1. The molecule has 4 aliphatic carbocycles. The van der Waals surface area contributed by atoms with Crippen LogP contribution in [0.4, 0.5) is 4.79 Å². The van der Waals surface area contributed by atoms with Gasteiger partial charge >= 0.3 is 13.2 Å². The average molecular weight is 585 g/mol. The van der Waals surface area contributed by atoms with E-state index in [-0.39, 0.29) is 47.4 Å².